The zero-order valence-electron chi connectivity index (χ0n) is 12.1. The van der Waals surface area contributed by atoms with Crippen LogP contribution in [0, 0.1) is 12.3 Å². The SMILES string of the molecule is Cc1cc(Br)c(S(=O)(=O)NCC2(C)CCOCC2)cc1Br. The minimum absolute atomic E-state index is 0.0419. The van der Waals surface area contributed by atoms with Gasteiger partial charge in [0.05, 0.1) is 4.90 Å². The van der Waals surface area contributed by atoms with Gasteiger partial charge in [-0.2, -0.15) is 0 Å². The van der Waals surface area contributed by atoms with Crippen molar-refractivity contribution in [3.05, 3.63) is 26.6 Å². The molecule has 1 saturated heterocycles. The van der Waals surface area contributed by atoms with E-state index in [1.807, 2.05) is 6.92 Å². The van der Waals surface area contributed by atoms with E-state index in [2.05, 4.69) is 43.5 Å². The number of ether oxygens (including phenoxy) is 1. The second-order valence-corrected chi connectivity index (χ2v) is 9.22. The van der Waals surface area contributed by atoms with E-state index in [1.54, 1.807) is 12.1 Å². The molecule has 0 atom stereocenters. The summed E-state index contributed by atoms with van der Waals surface area (Å²) in [6.07, 6.45) is 1.74. The molecule has 7 heteroatoms. The van der Waals surface area contributed by atoms with Crippen molar-refractivity contribution in [3.63, 3.8) is 0 Å². The van der Waals surface area contributed by atoms with Crippen LogP contribution in [0.3, 0.4) is 0 Å². The van der Waals surface area contributed by atoms with Crippen LogP contribution in [0.1, 0.15) is 25.3 Å². The van der Waals surface area contributed by atoms with Crippen LogP contribution < -0.4 is 4.72 Å². The number of rotatable bonds is 4. The van der Waals surface area contributed by atoms with Gasteiger partial charge >= 0.3 is 0 Å². The van der Waals surface area contributed by atoms with E-state index in [-0.39, 0.29) is 10.3 Å². The number of nitrogens with one attached hydrogen (secondary N) is 1. The van der Waals surface area contributed by atoms with Crippen LogP contribution in [0.15, 0.2) is 26.0 Å². The Balaban J connectivity index is 2.17. The van der Waals surface area contributed by atoms with Crippen LogP contribution in [0.25, 0.3) is 0 Å². The summed E-state index contributed by atoms with van der Waals surface area (Å²) in [5.41, 5.74) is 0.942. The van der Waals surface area contributed by atoms with Crippen molar-refractivity contribution >= 4 is 41.9 Å². The molecule has 0 bridgehead atoms. The fraction of sp³-hybridized carbons (Fsp3) is 0.571. The summed E-state index contributed by atoms with van der Waals surface area (Å²) < 4.78 is 34.5. The fourth-order valence-corrected chi connectivity index (χ4v) is 5.10. The number of aryl methyl sites for hydroxylation is 1. The van der Waals surface area contributed by atoms with Gasteiger partial charge < -0.3 is 4.74 Å². The molecule has 2 rings (SSSR count). The van der Waals surface area contributed by atoms with Gasteiger partial charge in [-0.15, -0.1) is 0 Å². The lowest BCUT2D eigenvalue weighted by Crippen LogP contribution is -2.39. The molecule has 1 aliphatic rings. The van der Waals surface area contributed by atoms with Gasteiger partial charge in [-0.25, -0.2) is 13.1 Å². The summed E-state index contributed by atoms with van der Waals surface area (Å²) in [5.74, 6) is 0. The first-order valence-electron chi connectivity index (χ1n) is 6.77. The third-order valence-corrected chi connectivity index (χ3v) is 7.11. The molecule has 0 unspecified atom stereocenters. The van der Waals surface area contributed by atoms with Crippen molar-refractivity contribution in [2.75, 3.05) is 19.8 Å². The van der Waals surface area contributed by atoms with Crippen molar-refractivity contribution in [2.24, 2.45) is 5.41 Å². The lowest BCUT2D eigenvalue weighted by atomic mass is 9.83. The Morgan fingerprint density at radius 3 is 2.48 bits per heavy atom. The summed E-state index contributed by atoms with van der Waals surface area (Å²) in [4.78, 5) is 0.260. The smallest absolute Gasteiger partial charge is 0.241 e. The van der Waals surface area contributed by atoms with Crippen molar-refractivity contribution in [3.8, 4) is 0 Å². The van der Waals surface area contributed by atoms with Crippen LogP contribution in [0.2, 0.25) is 0 Å². The lowest BCUT2D eigenvalue weighted by Gasteiger charge is -2.33. The zero-order valence-corrected chi connectivity index (χ0v) is 16.1. The first-order valence-corrected chi connectivity index (χ1v) is 9.83. The number of sulfonamides is 1. The second kappa shape index (κ2) is 6.66. The van der Waals surface area contributed by atoms with Gasteiger partial charge in [0.15, 0.2) is 0 Å². The average Bonchev–Trinajstić information content (AvgIpc) is 2.42. The highest BCUT2D eigenvalue weighted by atomic mass is 79.9. The molecule has 1 aliphatic heterocycles. The lowest BCUT2D eigenvalue weighted by molar-refractivity contribution is 0.0264. The Bertz CT molecular complexity index is 625. The quantitative estimate of drug-likeness (QED) is 0.777. The maximum atomic E-state index is 12.5. The molecule has 0 spiro atoms. The third kappa shape index (κ3) is 4.28. The number of hydrogen-bond acceptors (Lipinski definition) is 3. The monoisotopic (exact) mass is 439 g/mol. The molecule has 1 heterocycles. The third-order valence-electron chi connectivity index (χ3n) is 3.89. The van der Waals surface area contributed by atoms with Crippen molar-refractivity contribution < 1.29 is 13.2 Å². The van der Waals surface area contributed by atoms with E-state index in [0.717, 1.165) is 22.9 Å². The number of hydrogen-bond donors (Lipinski definition) is 1. The summed E-state index contributed by atoms with van der Waals surface area (Å²) in [6.45, 7) is 5.83. The molecule has 0 aliphatic carbocycles. The Morgan fingerprint density at radius 1 is 1.24 bits per heavy atom. The van der Waals surface area contributed by atoms with Crippen LogP contribution in [0.5, 0.6) is 0 Å². The molecule has 1 fully saturated rings. The molecule has 1 aromatic carbocycles. The van der Waals surface area contributed by atoms with Crippen molar-refractivity contribution in [2.45, 2.75) is 31.6 Å². The number of halogens is 2. The van der Waals surface area contributed by atoms with Gasteiger partial charge in [0.2, 0.25) is 10.0 Å². The molecular weight excluding hydrogens is 422 g/mol. The maximum Gasteiger partial charge on any atom is 0.241 e. The highest BCUT2D eigenvalue weighted by molar-refractivity contribution is 9.11. The standard InChI is InChI=1S/C14H19Br2NO3S/c1-10-7-12(16)13(8-11(10)15)21(18,19)17-9-14(2)3-5-20-6-4-14/h7-8,17H,3-6,9H2,1-2H3. The molecule has 0 amide bonds. The van der Waals surface area contributed by atoms with E-state index < -0.39 is 10.0 Å². The normalized spacial score (nSPS) is 18.7. The molecular formula is C14H19Br2NO3S. The van der Waals surface area contributed by atoms with Crippen LogP contribution in [-0.4, -0.2) is 28.2 Å². The van der Waals surface area contributed by atoms with E-state index in [1.165, 1.54) is 0 Å². The Labute approximate surface area is 143 Å². The maximum absolute atomic E-state index is 12.5. The first kappa shape index (κ1) is 17.4. The van der Waals surface area contributed by atoms with Gasteiger partial charge in [-0.3, -0.25) is 0 Å². The highest BCUT2D eigenvalue weighted by Crippen LogP contribution is 2.31. The van der Waals surface area contributed by atoms with Gasteiger partial charge in [0.25, 0.3) is 0 Å². The first-order chi connectivity index (χ1) is 9.73. The van der Waals surface area contributed by atoms with E-state index in [4.69, 9.17) is 4.74 Å². The Kier molecular flexibility index (Phi) is 5.52. The van der Waals surface area contributed by atoms with Crippen LogP contribution in [-0.2, 0) is 14.8 Å². The molecule has 21 heavy (non-hydrogen) atoms. The zero-order chi connectivity index (χ0) is 15.7. The summed E-state index contributed by atoms with van der Waals surface area (Å²) in [5, 5.41) is 0. The summed E-state index contributed by atoms with van der Waals surface area (Å²) in [7, 11) is -3.54. The molecule has 0 aromatic heterocycles. The molecule has 1 aromatic rings. The fourth-order valence-electron chi connectivity index (χ4n) is 2.22. The minimum Gasteiger partial charge on any atom is -0.381 e. The molecule has 118 valence electrons. The largest absolute Gasteiger partial charge is 0.381 e. The van der Waals surface area contributed by atoms with E-state index >= 15 is 0 Å². The van der Waals surface area contributed by atoms with Gasteiger partial charge in [0, 0.05) is 28.7 Å². The summed E-state index contributed by atoms with van der Waals surface area (Å²) >= 11 is 6.72. The summed E-state index contributed by atoms with van der Waals surface area (Å²) in [6, 6.07) is 3.43. The Hall–Kier alpha value is 0.0500. The predicted molar refractivity (Wildman–Crippen MR) is 89.9 cm³/mol. The molecule has 1 N–H and O–H groups in total. The van der Waals surface area contributed by atoms with Crippen molar-refractivity contribution in [1.29, 1.82) is 0 Å². The molecule has 0 radical (unpaired) electrons. The van der Waals surface area contributed by atoms with Gasteiger partial charge in [-0.05, 0) is 58.8 Å². The van der Waals surface area contributed by atoms with Crippen molar-refractivity contribution in [1.82, 2.24) is 4.72 Å². The predicted octanol–water partition coefficient (Wildman–Crippen LogP) is 3.62. The topological polar surface area (TPSA) is 55.4 Å². The Morgan fingerprint density at radius 2 is 1.86 bits per heavy atom. The van der Waals surface area contributed by atoms with E-state index in [9.17, 15) is 8.42 Å². The van der Waals surface area contributed by atoms with Gasteiger partial charge in [-0.1, -0.05) is 22.9 Å². The highest BCUT2D eigenvalue weighted by Gasteiger charge is 2.30. The van der Waals surface area contributed by atoms with E-state index in [0.29, 0.717) is 24.2 Å². The van der Waals surface area contributed by atoms with Crippen LogP contribution >= 0.6 is 31.9 Å². The molecule has 0 saturated carbocycles. The van der Waals surface area contributed by atoms with Crippen LogP contribution in [0.4, 0.5) is 0 Å². The number of benzene rings is 1. The second-order valence-electron chi connectivity index (χ2n) is 5.78. The average molecular weight is 441 g/mol. The minimum atomic E-state index is -3.54. The van der Waals surface area contributed by atoms with Gasteiger partial charge in [0.1, 0.15) is 0 Å². The molecule has 4 nitrogen and oxygen atoms in total.